The molecular formula is C13H14N4O. The summed E-state index contributed by atoms with van der Waals surface area (Å²) < 4.78 is 0. The van der Waals surface area contributed by atoms with Crippen molar-refractivity contribution in [2.75, 3.05) is 17.7 Å². The van der Waals surface area contributed by atoms with Crippen LogP contribution in [0.4, 0.5) is 11.4 Å². The minimum Gasteiger partial charge on any atom is -0.387 e. The van der Waals surface area contributed by atoms with Gasteiger partial charge in [-0.2, -0.15) is 0 Å². The SMILES string of the molecule is CNc1ccncc1C(=O)Nc1ccncc1C. The van der Waals surface area contributed by atoms with Gasteiger partial charge in [0.2, 0.25) is 0 Å². The van der Waals surface area contributed by atoms with E-state index < -0.39 is 0 Å². The third-order valence-electron chi connectivity index (χ3n) is 2.60. The second-order valence-electron chi connectivity index (χ2n) is 3.82. The summed E-state index contributed by atoms with van der Waals surface area (Å²) >= 11 is 0. The maximum atomic E-state index is 12.1. The summed E-state index contributed by atoms with van der Waals surface area (Å²) in [6.07, 6.45) is 6.53. The Balaban J connectivity index is 2.25. The van der Waals surface area contributed by atoms with Crippen LogP contribution in [0.15, 0.2) is 36.9 Å². The van der Waals surface area contributed by atoms with Crippen LogP contribution < -0.4 is 10.6 Å². The molecule has 5 nitrogen and oxygen atoms in total. The molecule has 2 N–H and O–H groups in total. The number of carbonyl (C=O) groups excluding carboxylic acids is 1. The third-order valence-corrected chi connectivity index (χ3v) is 2.60. The third kappa shape index (κ3) is 2.45. The molecule has 0 unspecified atom stereocenters. The highest BCUT2D eigenvalue weighted by molar-refractivity contribution is 6.08. The quantitative estimate of drug-likeness (QED) is 0.864. The van der Waals surface area contributed by atoms with Gasteiger partial charge >= 0.3 is 0 Å². The lowest BCUT2D eigenvalue weighted by atomic mass is 10.2. The van der Waals surface area contributed by atoms with Gasteiger partial charge in [0.25, 0.3) is 5.91 Å². The summed E-state index contributed by atoms with van der Waals surface area (Å²) in [5.74, 6) is -0.193. The standard InChI is InChI=1S/C13H14N4O/c1-9-7-15-5-3-11(9)17-13(18)10-8-16-6-4-12(10)14-2/h3-8H,1-2H3,(H,14,16)(H,15,17,18). The van der Waals surface area contributed by atoms with Crippen molar-refractivity contribution in [1.29, 1.82) is 0 Å². The van der Waals surface area contributed by atoms with Gasteiger partial charge in [-0.3, -0.25) is 14.8 Å². The highest BCUT2D eigenvalue weighted by Gasteiger charge is 2.11. The Hall–Kier alpha value is -2.43. The van der Waals surface area contributed by atoms with E-state index in [-0.39, 0.29) is 5.91 Å². The maximum Gasteiger partial charge on any atom is 0.259 e. The van der Waals surface area contributed by atoms with Gasteiger partial charge in [0.05, 0.1) is 5.56 Å². The molecule has 0 bridgehead atoms. The van der Waals surface area contributed by atoms with Crippen molar-refractivity contribution >= 4 is 17.3 Å². The first-order valence-electron chi connectivity index (χ1n) is 5.56. The first-order valence-corrected chi connectivity index (χ1v) is 5.56. The molecule has 2 rings (SSSR count). The summed E-state index contributed by atoms with van der Waals surface area (Å²) in [5.41, 5.74) is 2.92. The minimum absolute atomic E-state index is 0.193. The van der Waals surface area contributed by atoms with E-state index in [4.69, 9.17) is 0 Å². The van der Waals surface area contributed by atoms with E-state index in [1.54, 1.807) is 37.8 Å². The lowest BCUT2D eigenvalue weighted by Crippen LogP contribution is -2.15. The zero-order valence-corrected chi connectivity index (χ0v) is 10.3. The summed E-state index contributed by atoms with van der Waals surface area (Å²) in [7, 11) is 1.77. The van der Waals surface area contributed by atoms with Crippen molar-refractivity contribution in [3.63, 3.8) is 0 Å². The number of pyridine rings is 2. The molecule has 2 aromatic rings. The smallest absolute Gasteiger partial charge is 0.259 e. The number of anilines is 2. The van der Waals surface area contributed by atoms with Crippen LogP contribution in [-0.2, 0) is 0 Å². The molecule has 92 valence electrons. The molecule has 0 atom stereocenters. The highest BCUT2D eigenvalue weighted by Crippen LogP contribution is 2.17. The largest absolute Gasteiger partial charge is 0.387 e. The lowest BCUT2D eigenvalue weighted by molar-refractivity contribution is 0.102. The average molecular weight is 242 g/mol. The van der Waals surface area contributed by atoms with Gasteiger partial charge in [-0.25, -0.2) is 0 Å². The van der Waals surface area contributed by atoms with Crippen molar-refractivity contribution < 1.29 is 4.79 Å². The number of aryl methyl sites for hydroxylation is 1. The number of hydrogen-bond donors (Lipinski definition) is 2. The van der Waals surface area contributed by atoms with Crippen molar-refractivity contribution in [1.82, 2.24) is 9.97 Å². The first kappa shape index (κ1) is 12.0. The van der Waals surface area contributed by atoms with E-state index in [0.717, 1.165) is 16.9 Å². The predicted molar refractivity (Wildman–Crippen MR) is 70.7 cm³/mol. The second kappa shape index (κ2) is 5.27. The number of hydrogen-bond acceptors (Lipinski definition) is 4. The zero-order chi connectivity index (χ0) is 13.0. The molecule has 18 heavy (non-hydrogen) atoms. The molecule has 0 saturated heterocycles. The Morgan fingerprint density at radius 2 is 1.78 bits per heavy atom. The minimum atomic E-state index is -0.193. The molecule has 0 aliphatic heterocycles. The Morgan fingerprint density at radius 1 is 1.11 bits per heavy atom. The number of rotatable bonds is 3. The number of aromatic nitrogens is 2. The Morgan fingerprint density at radius 3 is 2.44 bits per heavy atom. The molecule has 0 aromatic carbocycles. The van der Waals surface area contributed by atoms with Gasteiger partial charge in [-0.1, -0.05) is 0 Å². The molecule has 0 spiro atoms. The molecule has 0 saturated carbocycles. The fraction of sp³-hybridized carbons (Fsp3) is 0.154. The van der Waals surface area contributed by atoms with Crippen LogP contribution in [0.25, 0.3) is 0 Å². The summed E-state index contributed by atoms with van der Waals surface area (Å²) in [6.45, 7) is 1.89. The number of amides is 1. The van der Waals surface area contributed by atoms with Gasteiger partial charge in [0.15, 0.2) is 0 Å². The van der Waals surface area contributed by atoms with E-state index in [1.165, 1.54) is 6.20 Å². The zero-order valence-electron chi connectivity index (χ0n) is 10.3. The molecular weight excluding hydrogens is 228 g/mol. The van der Waals surface area contributed by atoms with Gasteiger partial charge in [0.1, 0.15) is 0 Å². The van der Waals surface area contributed by atoms with Crippen LogP contribution in [0, 0.1) is 6.92 Å². The molecule has 1 amide bonds. The Labute approximate surface area is 105 Å². The molecule has 2 heterocycles. The monoisotopic (exact) mass is 242 g/mol. The number of nitrogens with one attached hydrogen (secondary N) is 2. The van der Waals surface area contributed by atoms with Crippen LogP contribution >= 0.6 is 0 Å². The van der Waals surface area contributed by atoms with Gasteiger partial charge < -0.3 is 10.6 Å². The van der Waals surface area contributed by atoms with E-state index in [9.17, 15) is 4.79 Å². The molecule has 0 radical (unpaired) electrons. The fourth-order valence-corrected chi connectivity index (χ4v) is 1.60. The maximum absolute atomic E-state index is 12.1. The topological polar surface area (TPSA) is 66.9 Å². The van der Waals surface area contributed by atoms with Gasteiger partial charge in [-0.15, -0.1) is 0 Å². The second-order valence-corrected chi connectivity index (χ2v) is 3.82. The van der Waals surface area contributed by atoms with Crippen molar-refractivity contribution in [3.05, 3.63) is 48.0 Å². The van der Waals surface area contributed by atoms with Crippen molar-refractivity contribution in [3.8, 4) is 0 Å². The van der Waals surface area contributed by atoms with Crippen LogP contribution in [0.2, 0.25) is 0 Å². The number of carbonyl (C=O) groups is 1. The van der Waals surface area contributed by atoms with E-state index >= 15 is 0 Å². The van der Waals surface area contributed by atoms with Crippen LogP contribution in [-0.4, -0.2) is 22.9 Å². The summed E-state index contributed by atoms with van der Waals surface area (Å²) in [6, 6.07) is 3.52. The average Bonchev–Trinajstić information content (AvgIpc) is 2.41. The van der Waals surface area contributed by atoms with Crippen LogP contribution in [0.3, 0.4) is 0 Å². The lowest BCUT2D eigenvalue weighted by Gasteiger charge is -2.10. The van der Waals surface area contributed by atoms with Crippen LogP contribution in [0.5, 0.6) is 0 Å². The van der Waals surface area contributed by atoms with Gasteiger partial charge in [0, 0.05) is 43.2 Å². The molecule has 0 aliphatic carbocycles. The summed E-state index contributed by atoms with van der Waals surface area (Å²) in [5, 5.41) is 5.81. The summed E-state index contributed by atoms with van der Waals surface area (Å²) in [4.78, 5) is 20.1. The molecule has 0 aliphatic rings. The predicted octanol–water partition coefficient (Wildman–Crippen LogP) is 2.08. The van der Waals surface area contributed by atoms with E-state index in [0.29, 0.717) is 5.56 Å². The molecule has 5 heteroatoms. The Kier molecular flexibility index (Phi) is 3.52. The first-order chi connectivity index (χ1) is 8.72. The molecule has 2 aromatic heterocycles. The highest BCUT2D eigenvalue weighted by atomic mass is 16.1. The van der Waals surface area contributed by atoms with Gasteiger partial charge in [-0.05, 0) is 24.6 Å². The normalized spacial score (nSPS) is 9.89. The fourth-order valence-electron chi connectivity index (χ4n) is 1.60. The Bertz CT molecular complexity index is 568. The van der Waals surface area contributed by atoms with E-state index in [2.05, 4.69) is 20.6 Å². The number of nitrogens with zero attached hydrogens (tertiary/aromatic N) is 2. The van der Waals surface area contributed by atoms with Crippen molar-refractivity contribution in [2.45, 2.75) is 6.92 Å². The van der Waals surface area contributed by atoms with Crippen molar-refractivity contribution in [2.24, 2.45) is 0 Å². The van der Waals surface area contributed by atoms with Crippen LogP contribution in [0.1, 0.15) is 15.9 Å². The van der Waals surface area contributed by atoms with E-state index in [1.807, 2.05) is 6.92 Å². The molecule has 0 fully saturated rings.